The molecule has 9 heteroatoms. The van der Waals surface area contributed by atoms with Crippen LogP contribution in [0, 0.1) is 6.92 Å². The molecule has 8 nitrogen and oxygen atoms in total. The summed E-state index contributed by atoms with van der Waals surface area (Å²) in [5.74, 6) is -1.31. The van der Waals surface area contributed by atoms with Crippen LogP contribution in [0.1, 0.15) is 24.0 Å². The highest BCUT2D eigenvalue weighted by molar-refractivity contribution is 6.35. The number of hydrazone groups is 1. The Labute approximate surface area is 178 Å². The summed E-state index contributed by atoms with van der Waals surface area (Å²) in [6.45, 7) is 1.72. The summed E-state index contributed by atoms with van der Waals surface area (Å²) >= 11 is 6.04. The van der Waals surface area contributed by atoms with Gasteiger partial charge in [-0.2, -0.15) is 5.10 Å². The Morgan fingerprint density at radius 1 is 1.13 bits per heavy atom. The number of amides is 3. The second kappa shape index (κ2) is 9.89. The van der Waals surface area contributed by atoms with Crippen LogP contribution < -0.4 is 20.8 Å². The lowest BCUT2D eigenvalue weighted by molar-refractivity contribution is -0.139. The summed E-state index contributed by atoms with van der Waals surface area (Å²) in [4.78, 5) is 35.1. The van der Waals surface area contributed by atoms with Crippen molar-refractivity contribution in [3.8, 4) is 5.75 Å². The zero-order valence-corrected chi connectivity index (χ0v) is 17.0. The Balaban J connectivity index is 1.42. The second-order valence-corrected chi connectivity index (χ2v) is 7.22. The van der Waals surface area contributed by atoms with Crippen LogP contribution in [0.4, 0.5) is 5.69 Å². The molecule has 0 atom stereocenters. The number of nitrogens with zero attached hydrogens (tertiary/aromatic N) is 1. The first-order valence-corrected chi connectivity index (χ1v) is 9.71. The maximum atomic E-state index is 12.0. The first-order chi connectivity index (χ1) is 14.4. The van der Waals surface area contributed by atoms with Gasteiger partial charge in [-0.15, -0.1) is 0 Å². The van der Waals surface area contributed by atoms with E-state index in [2.05, 4.69) is 21.2 Å². The van der Waals surface area contributed by atoms with E-state index in [1.807, 2.05) is 13.0 Å². The second-order valence-electron chi connectivity index (χ2n) is 6.82. The fourth-order valence-corrected chi connectivity index (χ4v) is 2.54. The zero-order chi connectivity index (χ0) is 21.5. The molecule has 156 valence electrons. The van der Waals surface area contributed by atoms with Gasteiger partial charge in [0.1, 0.15) is 5.75 Å². The number of anilines is 1. The first kappa shape index (κ1) is 21.3. The van der Waals surface area contributed by atoms with Crippen molar-refractivity contribution in [2.45, 2.75) is 25.8 Å². The number of hydrogen-bond donors (Lipinski definition) is 3. The molecule has 0 radical (unpaired) electrons. The van der Waals surface area contributed by atoms with E-state index in [0.29, 0.717) is 22.0 Å². The smallest absolute Gasteiger partial charge is 0.329 e. The topological polar surface area (TPSA) is 109 Å². The number of rotatable bonds is 7. The van der Waals surface area contributed by atoms with Crippen molar-refractivity contribution in [1.82, 2.24) is 10.7 Å². The van der Waals surface area contributed by atoms with Crippen molar-refractivity contribution >= 4 is 41.2 Å². The van der Waals surface area contributed by atoms with Crippen molar-refractivity contribution < 1.29 is 19.1 Å². The molecule has 0 saturated heterocycles. The molecule has 2 aromatic rings. The van der Waals surface area contributed by atoms with Gasteiger partial charge in [0.05, 0.1) is 6.21 Å². The molecule has 0 unspecified atom stereocenters. The Bertz CT molecular complexity index is 971. The lowest BCUT2D eigenvalue weighted by Crippen LogP contribution is -2.38. The summed E-state index contributed by atoms with van der Waals surface area (Å²) < 4.78 is 5.45. The highest BCUT2D eigenvalue weighted by atomic mass is 35.5. The minimum Gasteiger partial charge on any atom is -0.484 e. The summed E-state index contributed by atoms with van der Waals surface area (Å²) in [5.41, 5.74) is 4.38. The molecule has 0 spiro atoms. The summed E-state index contributed by atoms with van der Waals surface area (Å²) in [7, 11) is 0. The highest BCUT2D eigenvalue weighted by Crippen LogP contribution is 2.20. The van der Waals surface area contributed by atoms with Crippen molar-refractivity contribution in [3.05, 3.63) is 58.6 Å². The first-order valence-electron chi connectivity index (χ1n) is 9.33. The minimum atomic E-state index is -0.806. The van der Waals surface area contributed by atoms with E-state index in [1.165, 1.54) is 6.21 Å². The fraction of sp³-hybridized carbons (Fsp3) is 0.238. The average Bonchev–Trinajstić information content (AvgIpc) is 3.54. The third-order valence-electron chi connectivity index (χ3n) is 4.20. The van der Waals surface area contributed by atoms with Crippen LogP contribution in [-0.4, -0.2) is 36.6 Å². The number of aryl methyl sites for hydroxylation is 1. The third kappa shape index (κ3) is 6.59. The van der Waals surface area contributed by atoms with Gasteiger partial charge in [0.15, 0.2) is 6.61 Å². The van der Waals surface area contributed by atoms with Crippen LogP contribution in [0.2, 0.25) is 5.02 Å². The standard InChI is InChI=1S/C21H21ClN4O4/c1-13-2-5-16(10-18(13)22)24-19(27)12-30-17-8-3-14(4-9-17)11-23-26-21(29)20(28)25-15-6-7-15/h2-5,8-11,15H,6-7,12H2,1H3,(H,24,27)(H,25,28)(H,26,29)/b23-11-. The Kier molecular flexibility index (Phi) is 7.03. The van der Waals surface area contributed by atoms with E-state index in [1.54, 1.807) is 36.4 Å². The maximum Gasteiger partial charge on any atom is 0.329 e. The zero-order valence-electron chi connectivity index (χ0n) is 16.3. The molecule has 1 aliphatic rings. The normalized spacial score (nSPS) is 13.0. The number of nitrogens with one attached hydrogen (secondary N) is 3. The number of carbonyl (C=O) groups is 3. The lowest BCUT2D eigenvalue weighted by Gasteiger charge is -2.08. The van der Waals surface area contributed by atoms with E-state index in [0.717, 1.165) is 18.4 Å². The van der Waals surface area contributed by atoms with E-state index in [-0.39, 0.29) is 18.6 Å². The molecule has 3 amide bonds. The van der Waals surface area contributed by atoms with Crippen LogP contribution in [-0.2, 0) is 14.4 Å². The van der Waals surface area contributed by atoms with Gasteiger partial charge in [-0.25, -0.2) is 5.43 Å². The van der Waals surface area contributed by atoms with Crippen molar-refractivity contribution in [1.29, 1.82) is 0 Å². The van der Waals surface area contributed by atoms with Gasteiger partial charge < -0.3 is 15.4 Å². The average molecular weight is 429 g/mol. The number of benzene rings is 2. The predicted octanol–water partition coefficient (Wildman–Crippen LogP) is 2.39. The molecule has 1 saturated carbocycles. The van der Waals surface area contributed by atoms with Crippen LogP contribution in [0.5, 0.6) is 5.75 Å². The molecule has 0 aromatic heterocycles. The Morgan fingerprint density at radius 3 is 2.53 bits per heavy atom. The van der Waals surface area contributed by atoms with E-state index in [9.17, 15) is 14.4 Å². The molecule has 0 bridgehead atoms. The molecule has 0 heterocycles. The number of hydrogen-bond acceptors (Lipinski definition) is 5. The molecule has 1 aliphatic carbocycles. The fourth-order valence-electron chi connectivity index (χ4n) is 2.36. The monoisotopic (exact) mass is 428 g/mol. The molecular formula is C21H21ClN4O4. The van der Waals surface area contributed by atoms with Gasteiger partial charge in [-0.05, 0) is 67.3 Å². The number of carbonyl (C=O) groups excluding carboxylic acids is 3. The van der Waals surface area contributed by atoms with Gasteiger partial charge >= 0.3 is 11.8 Å². The SMILES string of the molecule is Cc1ccc(NC(=O)COc2ccc(/C=N\NC(=O)C(=O)NC3CC3)cc2)cc1Cl. The highest BCUT2D eigenvalue weighted by Gasteiger charge is 2.26. The maximum absolute atomic E-state index is 12.0. The van der Waals surface area contributed by atoms with Crippen LogP contribution in [0.25, 0.3) is 0 Å². The third-order valence-corrected chi connectivity index (χ3v) is 4.61. The Morgan fingerprint density at radius 2 is 1.87 bits per heavy atom. The lowest BCUT2D eigenvalue weighted by atomic mass is 10.2. The van der Waals surface area contributed by atoms with Crippen molar-refractivity contribution in [2.24, 2.45) is 5.10 Å². The van der Waals surface area contributed by atoms with E-state index < -0.39 is 11.8 Å². The van der Waals surface area contributed by atoms with Crippen molar-refractivity contribution in [3.63, 3.8) is 0 Å². The molecule has 0 aliphatic heterocycles. The van der Waals surface area contributed by atoms with Crippen LogP contribution >= 0.6 is 11.6 Å². The summed E-state index contributed by atoms with van der Waals surface area (Å²) in [6.07, 6.45) is 3.21. The molecule has 2 aromatic carbocycles. The van der Waals surface area contributed by atoms with Crippen molar-refractivity contribution in [2.75, 3.05) is 11.9 Å². The minimum absolute atomic E-state index is 0.108. The molecular weight excluding hydrogens is 408 g/mol. The summed E-state index contributed by atoms with van der Waals surface area (Å²) in [6, 6.07) is 12.1. The molecule has 30 heavy (non-hydrogen) atoms. The van der Waals surface area contributed by atoms with E-state index in [4.69, 9.17) is 16.3 Å². The summed E-state index contributed by atoms with van der Waals surface area (Å²) in [5, 5.41) is 9.61. The van der Waals surface area contributed by atoms with Gasteiger partial charge in [0, 0.05) is 16.8 Å². The molecule has 3 rings (SSSR count). The largest absolute Gasteiger partial charge is 0.484 e. The quantitative estimate of drug-likeness (QED) is 0.357. The van der Waals surface area contributed by atoms with Gasteiger partial charge in [0.25, 0.3) is 5.91 Å². The van der Waals surface area contributed by atoms with E-state index >= 15 is 0 Å². The molecule has 3 N–H and O–H groups in total. The van der Waals surface area contributed by atoms with Gasteiger partial charge in [0.2, 0.25) is 0 Å². The van der Waals surface area contributed by atoms with Gasteiger partial charge in [-0.1, -0.05) is 17.7 Å². The molecule has 1 fully saturated rings. The Hall–Kier alpha value is -3.39. The van der Waals surface area contributed by atoms with Crippen LogP contribution in [0.15, 0.2) is 47.6 Å². The number of halogens is 1. The predicted molar refractivity (Wildman–Crippen MR) is 114 cm³/mol. The van der Waals surface area contributed by atoms with Crippen LogP contribution in [0.3, 0.4) is 0 Å². The number of ether oxygens (including phenoxy) is 1. The van der Waals surface area contributed by atoms with Gasteiger partial charge in [-0.3, -0.25) is 14.4 Å².